The zero-order chi connectivity index (χ0) is 11.4. The van der Waals surface area contributed by atoms with Gasteiger partial charge in [-0.1, -0.05) is 0 Å². The van der Waals surface area contributed by atoms with Crippen LogP contribution in [-0.4, -0.2) is 10.7 Å². The van der Waals surface area contributed by atoms with Crippen LogP contribution in [0.15, 0.2) is 30.1 Å². The van der Waals surface area contributed by atoms with Gasteiger partial charge in [-0.25, -0.2) is 4.98 Å². The van der Waals surface area contributed by atoms with E-state index >= 15 is 0 Å². The molecule has 16 heavy (non-hydrogen) atoms. The summed E-state index contributed by atoms with van der Waals surface area (Å²) >= 11 is 0. The Morgan fingerprint density at radius 2 is 2.19 bits per heavy atom. The van der Waals surface area contributed by atoms with Gasteiger partial charge in [0.05, 0.1) is 0 Å². The third kappa shape index (κ3) is 2.59. The summed E-state index contributed by atoms with van der Waals surface area (Å²) in [5.74, 6) is 0.502. The number of hydrogen-bond acceptors (Lipinski definition) is 4. The first-order valence-corrected chi connectivity index (χ1v) is 5.50. The molecule has 0 spiro atoms. The lowest BCUT2D eigenvalue weighted by molar-refractivity contribution is 0.729. The van der Waals surface area contributed by atoms with E-state index in [-0.39, 0.29) is 0 Å². The van der Waals surface area contributed by atoms with Crippen LogP contribution in [0.3, 0.4) is 0 Å². The number of nitrogens with two attached hydrogens (primary N) is 1. The normalized spacial score (nSPS) is 18.8. The summed E-state index contributed by atoms with van der Waals surface area (Å²) in [5, 5.41) is 11.0. The number of pyridine rings is 1. The van der Waals surface area contributed by atoms with Gasteiger partial charge in [0.1, 0.15) is 5.82 Å². The third-order valence-corrected chi connectivity index (χ3v) is 2.70. The second kappa shape index (κ2) is 4.79. The molecule has 4 N–H and O–H groups in total. The van der Waals surface area contributed by atoms with Gasteiger partial charge in [-0.15, -0.1) is 0 Å². The first-order chi connectivity index (χ1) is 7.75. The lowest BCUT2D eigenvalue weighted by Crippen LogP contribution is -2.09. The molecule has 4 nitrogen and oxygen atoms in total. The molecule has 0 saturated heterocycles. The summed E-state index contributed by atoms with van der Waals surface area (Å²) in [6.45, 7) is 0. The predicted octanol–water partition coefficient (Wildman–Crippen LogP) is 2.55. The highest BCUT2D eigenvalue weighted by atomic mass is 14.9. The Balaban J connectivity index is 2.05. The number of nitrogens with zero attached hydrogens (tertiary/aromatic N) is 1. The Labute approximate surface area is 95.1 Å². The minimum atomic E-state index is 0.502. The highest BCUT2D eigenvalue weighted by molar-refractivity contribution is 5.98. The fourth-order valence-corrected chi connectivity index (χ4v) is 1.80. The van der Waals surface area contributed by atoms with Crippen molar-refractivity contribution in [2.75, 3.05) is 11.1 Å². The molecule has 1 aliphatic carbocycles. The van der Waals surface area contributed by atoms with Crippen molar-refractivity contribution in [3.63, 3.8) is 0 Å². The Morgan fingerprint density at radius 3 is 2.94 bits per heavy atom. The summed E-state index contributed by atoms with van der Waals surface area (Å²) in [7, 11) is 0. The zero-order valence-corrected chi connectivity index (χ0v) is 9.16. The molecule has 84 valence electrons. The number of allylic oxidation sites excluding steroid dienone is 1. The van der Waals surface area contributed by atoms with Gasteiger partial charge >= 0.3 is 0 Å². The quantitative estimate of drug-likeness (QED) is 0.711. The second-order valence-electron chi connectivity index (χ2n) is 3.97. The first kappa shape index (κ1) is 10.7. The van der Waals surface area contributed by atoms with E-state index in [1.54, 1.807) is 12.3 Å². The van der Waals surface area contributed by atoms with Crippen LogP contribution >= 0.6 is 0 Å². The minimum absolute atomic E-state index is 0.502. The fraction of sp³-hybridized carbons (Fsp3) is 0.333. The van der Waals surface area contributed by atoms with Crippen molar-refractivity contribution in [3.8, 4) is 0 Å². The van der Waals surface area contributed by atoms with Gasteiger partial charge in [-0.05, 0) is 37.3 Å². The van der Waals surface area contributed by atoms with Gasteiger partial charge in [-0.2, -0.15) is 0 Å². The van der Waals surface area contributed by atoms with E-state index in [0.29, 0.717) is 5.82 Å². The summed E-state index contributed by atoms with van der Waals surface area (Å²) in [6.07, 6.45) is 7.78. The summed E-state index contributed by atoms with van der Waals surface area (Å²) in [5.41, 5.74) is 8.35. The number of rotatable bonds is 2. The van der Waals surface area contributed by atoms with Crippen LogP contribution in [0.25, 0.3) is 0 Å². The zero-order valence-electron chi connectivity index (χ0n) is 9.16. The molecule has 2 rings (SSSR count). The van der Waals surface area contributed by atoms with Crippen molar-refractivity contribution in [2.45, 2.75) is 25.7 Å². The number of nitrogens with one attached hydrogen (secondary N) is 2. The number of hydrogen-bond donors (Lipinski definition) is 3. The van der Waals surface area contributed by atoms with Crippen molar-refractivity contribution < 1.29 is 0 Å². The molecule has 0 bridgehead atoms. The number of nitrogen functional groups attached to an aromatic ring is 1. The molecule has 0 amide bonds. The van der Waals surface area contributed by atoms with Crippen molar-refractivity contribution in [1.82, 2.24) is 4.98 Å². The van der Waals surface area contributed by atoms with E-state index in [4.69, 9.17) is 11.1 Å². The lowest BCUT2D eigenvalue weighted by atomic mass is 9.94. The molecule has 0 radical (unpaired) electrons. The average molecular weight is 216 g/mol. The van der Waals surface area contributed by atoms with Gasteiger partial charge < -0.3 is 16.5 Å². The Bertz CT molecular complexity index is 423. The maximum absolute atomic E-state index is 7.81. The van der Waals surface area contributed by atoms with Crippen molar-refractivity contribution in [3.05, 3.63) is 30.1 Å². The van der Waals surface area contributed by atoms with Crippen LogP contribution in [0.4, 0.5) is 11.5 Å². The smallest absolute Gasteiger partial charge is 0.125 e. The van der Waals surface area contributed by atoms with Gasteiger partial charge in [0, 0.05) is 29.9 Å². The van der Waals surface area contributed by atoms with Crippen LogP contribution < -0.4 is 11.1 Å². The maximum atomic E-state index is 7.81. The van der Waals surface area contributed by atoms with Crippen LogP contribution in [0.5, 0.6) is 0 Å². The van der Waals surface area contributed by atoms with Crippen LogP contribution in [-0.2, 0) is 0 Å². The van der Waals surface area contributed by atoms with E-state index < -0.39 is 0 Å². The Morgan fingerprint density at radius 1 is 1.38 bits per heavy atom. The standard InChI is InChI=1S/C12H16N4/c13-11-4-2-1-3-9(11)8-16-10-5-6-15-12(14)7-10/h5-8,13H,1-4H2,(H3,14,15,16)/b9-8-,13-11?. The Kier molecular flexibility index (Phi) is 3.19. The van der Waals surface area contributed by atoms with Crippen LogP contribution in [0.1, 0.15) is 25.7 Å². The van der Waals surface area contributed by atoms with E-state index in [1.165, 1.54) is 6.42 Å². The average Bonchev–Trinajstić information content (AvgIpc) is 2.28. The van der Waals surface area contributed by atoms with E-state index in [0.717, 1.165) is 36.2 Å². The lowest BCUT2D eigenvalue weighted by Gasteiger charge is -2.15. The molecule has 0 aliphatic heterocycles. The highest BCUT2D eigenvalue weighted by Gasteiger charge is 2.10. The molecule has 1 aliphatic rings. The highest BCUT2D eigenvalue weighted by Crippen LogP contribution is 2.20. The Hall–Kier alpha value is -1.84. The van der Waals surface area contributed by atoms with E-state index in [9.17, 15) is 0 Å². The second-order valence-corrected chi connectivity index (χ2v) is 3.97. The largest absolute Gasteiger partial charge is 0.384 e. The third-order valence-electron chi connectivity index (χ3n) is 2.70. The molecule has 1 aromatic rings. The summed E-state index contributed by atoms with van der Waals surface area (Å²) in [4.78, 5) is 3.92. The topological polar surface area (TPSA) is 74.8 Å². The van der Waals surface area contributed by atoms with Crippen molar-refractivity contribution >= 4 is 17.2 Å². The van der Waals surface area contributed by atoms with E-state index in [2.05, 4.69) is 10.3 Å². The maximum Gasteiger partial charge on any atom is 0.125 e. The molecular formula is C12H16N4. The number of aromatic nitrogens is 1. The SMILES string of the molecule is N=C1CCCC/C1=C/Nc1ccnc(N)c1. The molecule has 0 aromatic carbocycles. The predicted molar refractivity (Wildman–Crippen MR) is 66.5 cm³/mol. The van der Waals surface area contributed by atoms with Gasteiger partial charge in [0.15, 0.2) is 0 Å². The van der Waals surface area contributed by atoms with Crippen molar-refractivity contribution in [2.24, 2.45) is 0 Å². The van der Waals surface area contributed by atoms with Crippen molar-refractivity contribution in [1.29, 1.82) is 5.41 Å². The molecular weight excluding hydrogens is 200 g/mol. The minimum Gasteiger partial charge on any atom is -0.384 e. The van der Waals surface area contributed by atoms with Crippen LogP contribution in [0, 0.1) is 5.41 Å². The monoisotopic (exact) mass is 216 g/mol. The molecule has 1 saturated carbocycles. The summed E-state index contributed by atoms with van der Waals surface area (Å²) < 4.78 is 0. The van der Waals surface area contributed by atoms with Gasteiger partial charge in [0.2, 0.25) is 0 Å². The molecule has 1 fully saturated rings. The van der Waals surface area contributed by atoms with Crippen LogP contribution in [0.2, 0.25) is 0 Å². The fourth-order valence-electron chi connectivity index (χ4n) is 1.80. The molecule has 0 unspecified atom stereocenters. The molecule has 0 atom stereocenters. The molecule has 1 aromatic heterocycles. The first-order valence-electron chi connectivity index (χ1n) is 5.50. The van der Waals surface area contributed by atoms with Gasteiger partial charge in [-0.3, -0.25) is 0 Å². The molecule has 4 heteroatoms. The van der Waals surface area contributed by atoms with E-state index in [1.807, 2.05) is 12.3 Å². The molecule has 1 heterocycles. The number of anilines is 2. The summed E-state index contributed by atoms with van der Waals surface area (Å²) in [6, 6.07) is 3.64. The van der Waals surface area contributed by atoms with Gasteiger partial charge in [0.25, 0.3) is 0 Å².